The number of hydrogen-bond acceptors (Lipinski definition) is 1. The molecule has 0 spiro atoms. The maximum Gasteiger partial charge on any atom is 0.417 e. The third kappa shape index (κ3) is 2.37. The first kappa shape index (κ1) is 14.7. The fraction of sp³-hybridized carbons (Fsp3) is 0.0625. The van der Waals surface area contributed by atoms with E-state index in [9.17, 15) is 18.0 Å². The maximum atomic E-state index is 13.1. The Kier molecular flexibility index (Phi) is 3.45. The van der Waals surface area contributed by atoms with Crippen molar-refractivity contribution in [1.29, 1.82) is 0 Å². The van der Waals surface area contributed by atoms with Crippen molar-refractivity contribution in [2.75, 3.05) is 0 Å². The minimum atomic E-state index is -4.65. The fourth-order valence-electron chi connectivity index (χ4n) is 2.39. The summed E-state index contributed by atoms with van der Waals surface area (Å²) >= 11 is 5.87. The zero-order valence-electron chi connectivity index (χ0n) is 11.0. The molecule has 0 fully saturated rings. The maximum absolute atomic E-state index is 13.1. The second-order valence-electron chi connectivity index (χ2n) is 4.74. The summed E-state index contributed by atoms with van der Waals surface area (Å²) in [6, 6.07) is 10.2. The lowest BCUT2D eigenvalue weighted by Gasteiger charge is -2.13. The number of fused-ring (bicyclic) bond motifs is 1. The van der Waals surface area contributed by atoms with E-state index in [0.717, 1.165) is 6.07 Å². The summed E-state index contributed by atoms with van der Waals surface area (Å²) < 4.78 is 39.4. The first-order valence-electron chi connectivity index (χ1n) is 6.36. The zero-order valence-corrected chi connectivity index (χ0v) is 11.8. The topological polar surface area (TPSA) is 32.9 Å². The Morgan fingerprint density at radius 1 is 1.05 bits per heavy atom. The lowest BCUT2D eigenvalue weighted by Crippen LogP contribution is -2.14. The Balaban J connectivity index is 2.22. The van der Waals surface area contributed by atoms with Gasteiger partial charge in [0.15, 0.2) is 5.78 Å². The quantitative estimate of drug-likeness (QED) is 0.656. The first-order valence-corrected chi connectivity index (χ1v) is 6.74. The van der Waals surface area contributed by atoms with Gasteiger partial charge < -0.3 is 4.98 Å². The molecule has 112 valence electrons. The lowest BCUT2D eigenvalue weighted by atomic mass is 9.97. The Bertz CT molecular complexity index is 867. The molecule has 6 heteroatoms. The number of carbonyl (C=O) groups excluding carboxylic acids is 1. The van der Waals surface area contributed by atoms with Crippen molar-refractivity contribution in [2.45, 2.75) is 6.18 Å². The average Bonchev–Trinajstić information content (AvgIpc) is 2.89. The molecule has 0 saturated heterocycles. The molecule has 1 heterocycles. The predicted octanol–water partition coefficient (Wildman–Crippen LogP) is 5.07. The third-order valence-electron chi connectivity index (χ3n) is 3.38. The van der Waals surface area contributed by atoms with E-state index in [4.69, 9.17) is 11.6 Å². The van der Waals surface area contributed by atoms with Crippen molar-refractivity contribution in [2.24, 2.45) is 0 Å². The third-order valence-corrected chi connectivity index (χ3v) is 3.69. The molecule has 0 radical (unpaired) electrons. The SMILES string of the molecule is O=C(c1c(Cl)cccc1C(F)(F)F)c1c[nH]c2ccccc12. The van der Waals surface area contributed by atoms with E-state index in [0.29, 0.717) is 10.9 Å². The van der Waals surface area contributed by atoms with Gasteiger partial charge in [-0.15, -0.1) is 0 Å². The molecule has 1 aromatic heterocycles. The van der Waals surface area contributed by atoms with Crippen molar-refractivity contribution < 1.29 is 18.0 Å². The highest BCUT2D eigenvalue weighted by molar-refractivity contribution is 6.35. The molecule has 0 unspecified atom stereocenters. The van der Waals surface area contributed by atoms with Gasteiger partial charge in [-0.1, -0.05) is 35.9 Å². The molecule has 0 aliphatic rings. The summed E-state index contributed by atoms with van der Waals surface area (Å²) in [6.45, 7) is 0. The van der Waals surface area contributed by atoms with Gasteiger partial charge in [0.25, 0.3) is 0 Å². The van der Waals surface area contributed by atoms with E-state index >= 15 is 0 Å². The van der Waals surface area contributed by atoms with Crippen LogP contribution in [-0.4, -0.2) is 10.8 Å². The number of alkyl halides is 3. The van der Waals surface area contributed by atoms with Crippen LogP contribution in [0.3, 0.4) is 0 Å². The van der Waals surface area contributed by atoms with E-state index in [2.05, 4.69) is 4.98 Å². The normalized spacial score (nSPS) is 11.8. The first-order chi connectivity index (χ1) is 10.4. The van der Waals surface area contributed by atoms with Gasteiger partial charge in [-0.2, -0.15) is 13.2 Å². The Hall–Kier alpha value is -2.27. The summed E-state index contributed by atoms with van der Waals surface area (Å²) in [6.07, 6.45) is -3.25. The second-order valence-corrected chi connectivity index (χ2v) is 5.14. The highest BCUT2D eigenvalue weighted by Gasteiger charge is 2.36. The van der Waals surface area contributed by atoms with E-state index in [1.807, 2.05) is 0 Å². The number of ketones is 1. The van der Waals surface area contributed by atoms with Crippen LogP contribution in [0.1, 0.15) is 21.5 Å². The molecular formula is C16H9ClF3NO. The largest absolute Gasteiger partial charge is 0.417 e. The van der Waals surface area contributed by atoms with Crippen LogP contribution >= 0.6 is 11.6 Å². The van der Waals surface area contributed by atoms with Gasteiger partial charge in [0.1, 0.15) is 0 Å². The predicted molar refractivity (Wildman–Crippen MR) is 78.2 cm³/mol. The van der Waals surface area contributed by atoms with Crippen LogP contribution in [0, 0.1) is 0 Å². The number of aromatic amines is 1. The van der Waals surface area contributed by atoms with E-state index in [-0.39, 0.29) is 10.6 Å². The van der Waals surface area contributed by atoms with E-state index < -0.39 is 23.1 Å². The van der Waals surface area contributed by atoms with Crippen LogP contribution < -0.4 is 0 Å². The molecule has 1 N–H and O–H groups in total. The number of hydrogen-bond donors (Lipinski definition) is 1. The van der Waals surface area contributed by atoms with Crippen LogP contribution in [-0.2, 0) is 6.18 Å². The number of para-hydroxylation sites is 1. The van der Waals surface area contributed by atoms with Crippen LogP contribution in [0.5, 0.6) is 0 Å². The number of halogens is 4. The molecule has 0 atom stereocenters. The molecule has 0 amide bonds. The summed E-state index contributed by atoms with van der Waals surface area (Å²) in [5.41, 5.74) is -0.725. The van der Waals surface area contributed by atoms with Crippen LogP contribution in [0.2, 0.25) is 5.02 Å². The van der Waals surface area contributed by atoms with Gasteiger partial charge in [0.2, 0.25) is 0 Å². The van der Waals surface area contributed by atoms with Crippen molar-refractivity contribution >= 4 is 28.3 Å². The average molecular weight is 324 g/mol. The van der Waals surface area contributed by atoms with E-state index in [1.54, 1.807) is 24.3 Å². The smallest absolute Gasteiger partial charge is 0.360 e. The minimum absolute atomic E-state index is 0.161. The molecule has 0 aliphatic heterocycles. The van der Waals surface area contributed by atoms with Crippen molar-refractivity contribution in [3.05, 3.63) is 70.4 Å². The summed E-state index contributed by atoms with van der Waals surface area (Å²) in [5.74, 6) is -0.754. The zero-order chi connectivity index (χ0) is 15.9. The minimum Gasteiger partial charge on any atom is -0.360 e. The Morgan fingerprint density at radius 2 is 1.77 bits per heavy atom. The molecule has 2 aromatic carbocycles. The van der Waals surface area contributed by atoms with Gasteiger partial charge >= 0.3 is 6.18 Å². The molecule has 0 bridgehead atoms. The highest BCUT2D eigenvalue weighted by Crippen LogP contribution is 2.36. The van der Waals surface area contributed by atoms with Gasteiger partial charge in [0.05, 0.1) is 16.1 Å². The fourth-order valence-corrected chi connectivity index (χ4v) is 2.65. The van der Waals surface area contributed by atoms with Crippen molar-refractivity contribution in [3.63, 3.8) is 0 Å². The van der Waals surface area contributed by atoms with Crippen LogP contribution in [0.4, 0.5) is 13.2 Å². The molecular weight excluding hydrogens is 315 g/mol. The number of benzene rings is 2. The molecule has 3 aromatic rings. The monoisotopic (exact) mass is 323 g/mol. The molecule has 22 heavy (non-hydrogen) atoms. The second kappa shape index (κ2) is 5.18. The van der Waals surface area contributed by atoms with Gasteiger partial charge in [-0.25, -0.2) is 0 Å². The number of H-pyrrole nitrogens is 1. The lowest BCUT2D eigenvalue weighted by molar-refractivity contribution is -0.137. The number of carbonyl (C=O) groups is 1. The van der Waals surface area contributed by atoms with Crippen molar-refractivity contribution in [3.8, 4) is 0 Å². The number of rotatable bonds is 2. The summed E-state index contributed by atoms with van der Waals surface area (Å²) in [7, 11) is 0. The molecule has 0 aliphatic carbocycles. The Labute approximate surface area is 128 Å². The Morgan fingerprint density at radius 3 is 2.50 bits per heavy atom. The van der Waals surface area contributed by atoms with Crippen LogP contribution in [0.25, 0.3) is 10.9 Å². The number of nitrogens with one attached hydrogen (secondary N) is 1. The highest BCUT2D eigenvalue weighted by atomic mass is 35.5. The standard InChI is InChI=1S/C16H9ClF3NO/c17-12-6-3-5-11(16(18,19)20)14(12)15(22)10-8-21-13-7-2-1-4-9(10)13/h1-8,21H. The molecule has 0 saturated carbocycles. The molecule has 2 nitrogen and oxygen atoms in total. The summed E-state index contributed by atoms with van der Waals surface area (Å²) in [4.78, 5) is 15.5. The van der Waals surface area contributed by atoms with Gasteiger partial charge in [-0.3, -0.25) is 4.79 Å². The van der Waals surface area contributed by atoms with Gasteiger partial charge in [-0.05, 0) is 18.2 Å². The molecule has 3 rings (SSSR count). The van der Waals surface area contributed by atoms with Gasteiger partial charge in [0, 0.05) is 22.7 Å². The van der Waals surface area contributed by atoms with E-state index in [1.165, 1.54) is 18.3 Å². The van der Waals surface area contributed by atoms with Crippen LogP contribution in [0.15, 0.2) is 48.7 Å². The summed E-state index contributed by atoms with van der Waals surface area (Å²) in [5, 5.41) is 0.339. The van der Waals surface area contributed by atoms with Crippen molar-refractivity contribution in [1.82, 2.24) is 4.98 Å². The number of aromatic nitrogens is 1.